The summed E-state index contributed by atoms with van der Waals surface area (Å²) in [6.07, 6.45) is 0. The third kappa shape index (κ3) is 4.11. The number of nitrogens with zero attached hydrogens (tertiary/aromatic N) is 1. The van der Waals surface area contributed by atoms with Gasteiger partial charge in [0, 0.05) is 10.5 Å². The zero-order valence-corrected chi connectivity index (χ0v) is 18.3. The number of amides is 2. The quantitative estimate of drug-likeness (QED) is 0.480. The highest BCUT2D eigenvalue weighted by Gasteiger charge is 2.40. The van der Waals surface area contributed by atoms with Gasteiger partial charge in [-0.15, -0.1) is 0 Å². The smallest absolute Gasteiger partial charge is 0.268 e. The van der Waals surface area contributed by atoms with Crippen molar-refractivity contribution in [3.05, 3.63) is 94.6 Å². The van der Waals surface area contributed by atoms with Gasteiger partial charge in [0.05, 0.1) is 31.2 Å². The molecule has 7 heteroatoms. The van der Waals surface area contributed by atoms with Gasteiger partial charge in [-0.25, -0.2) is 4.39 Å². The summed E-state index contributed by atoms with van der Waals surface area (Å²) in [5.74, 6) is -0.464. The normalized spacial score (nSPS) is 13.7. The Bertz CT molecular complexity index is 1210. The summed E-state index contributed by atoms with van der Waals surface area (Å²) in [6, 6.07) is 20.5. The third-order valence-electron chi connectivity index (χ3n) is 5.05. The first kappa shape index (κ1) is 21.6. The lowest BCUT2D eigenvalue weighted by Crippen LogP contribution is -2.31. The molecule has 0 unspecified atom stereocenters. The van der Waals surface area contributed by atoms with Gasteiger partial charge >= 0.3 is 0 Å². The van der Waals surface area contributed by atoms with Gasteiger partial charge in [0.1, 0.15) is 5.82 Å². The van der Waals surface area contributed by atoms with Gasteiger partial charge in [0.25, 0.3) is 11.8 Å². The maximum Gasteiger partial charge on any atom is 0.268 e. The number of hydrogen-bond acceptors (Lipinski definition) is 5. The van der Waals surface area contributed by atoms with E-state index < -0.39 is 17.6 Å². The van der Waals surface area contributed by atoms with Crippen LogP contribution in [-0.2, 0) is 16.1 Å². The fraction of sp³-hybridized carbons (Fsp3) is 0.120. The van der Waals surface area contributed by atoms with E-state index >= 15 is 0 Å². The molecule has 0 saturated heterocycles. The van der Waals surface area contributed by atoms with Crippen molar-refractivity contribution in [2.75, 3.05) is 14.2 Å². The maximum atomic E-state index is 14.2. The predicted molar refractivity (Wildman–Crippen MR) is 121 cm³/mol. The zero-order valence-electron chi connectivity index (χ0n) is 17.5. The molecule has 0 aliphatic carbocycles. The van der Waals surface area contributed by atoms with E-state index in [9.17, 15) is 14.0 Å². The van der Waals surface area contributed by atoms with Crippen molar-refractivity contribution in [2.45, 2.75) is 11.4 Å². The van der Waals surface area contributed by atoms with E-state index in [0.29, 0.717) is 17.1 Å². The van der Waals surface area contributed by atoms with Crippen LogP contribution in [0.2, 0.25) is 0 Å². The van der Waals surface area contributed by atoms with E-state index in [1.54, 1.807) is 36.4 Å². The second-order valence-corrected chi connectivity index (χ2v) is 8.06. The van der Waals surface area contributed by atoms with Gasteiger partial charge < -0.3 is 9.47 Å². The molecule has 0 atom stereocenters. The number of benzene rings is 3. The van der Waals surface area contributed by atoms with Crippen LogP contribution in [-0.4, -0.2) is 30.9 Å². The van der Waals surface area contributed by atoms with Gasteiger partial charge in [0.2, 0.25) is 0 Å². The Kier molecular flexibility index (Phi) is 6.28. The highest BCUT2D eigenvalue weighted by molar-refractivity contribution is 8.04. The first-order valence-electron chi connectivity index (χ1n) is 9.82. The lowest BCUT2D eigenvalue weighted by Gasteiger charge is -2.16. The second-order valence-electron chi connectivity index (χ2n) is 6.98. The molecule has 1 aliphatic rings. The third-order valence-corrected chi connectivity index (χ3v) is 6.14. The summed E-state index contributed by atoms with van der Waals surface area (Å²) in [5.41, 5.74) is 1.04. The molecule has 0 N–H and O–H groups in total. The average molecular weight is 450 g/mol. The van der Waals surface area contributed by atoms with Gasteiger partial charge in [-0.1, -0.05) is 54.2 Å². The number of halogens is 1. The molecular formula is C25H20FNO4S. The van der Waals surface area contributed by atoms with Crippen LogP contribution in [0.3, 0.4) is 0 Å². The summed E-state index contributed by atoms with van der Waals surface area (Å²) >= 11 is 1.21. The van der Waals surface area contributed by atoms with Crippen molar-refractivity contribution in [2.24, 2.45) is 0 Å². The molecule has 2 amide bonds. The molecule has 162 valence electrons. The SMILES string of the molecule is COc1ccc(C2=C(Sc3ccccc3)C(=O)N(Cc3ccccc3F)C2=O)cc1OC. The Labute approximate surface area is 189 Å². The number of rotatable bonds is 7. The van der Waals surface area contributed by atoms with E-state index in [1.807, 2.05) is 30.3 Å². The van der Waals surface area contributed by atoms with Crippen LogP contribution in [0.15, 0.2) is 82.6 Å². The Balaban J connectivity index is 1.79. The largest absolute Gasteiger partial charge is 0.493 e. The van der Waals surface area contributed by atoms with Crippen LogP contribution >= 0.6 is 11.8 Å². The van der Waals surface area contributed by atoms with Crippen molar-refractivity contribution >= 4 is 29.1 Å². The van der Waals surface area contributed by atoms with Crippen molar-refractivity contribution < 1.29 is 23.5 Å². The Morgan fingerprint density at radius 3 is 2.22 bits per heavy atom. The highest BCUT2D eigenvalue weighted by atomic mass is 32.2. The lowest BCUT2D eigenvalue weighted by atomic mass is 10.1. The van der Waals surface area contributed by atoms with Crippen LogP contribution < -0.4 is 9.47 Å². The van der Waals surface area contributed by atoms with Crippen molar-refractivity contribution in [3.63, 3.8) is 0 Å². The molecule has 1 aliphatic heterocycles. The zero-order chi connectivity index (χ0) is 22.7. The summed E-state index contributed by atoms with van der Waals surface area (Å²) in [5, 5.41) is 0. The summed E-state index contributed by atoms with van der Waals surface area (Å²) in [7, 11) is 3.02. The number of carbonyl (C=O) groups is 2. The van der Waals surface area contributed by atoms with E-state index in [-0.39, 0.29) is 22.6 Å². The molecule has 0 spiro atoms. The summed E-state index contributed by atoms with van der Waals surface area (Å²) < 4.78 is 24.9. The average Bonchev–Trinajstić information content (AvgIpc) is 3.04. The molecule has 0 bridgehead atoms. The van der Waals surface area contributed by atoms with Crippen LogP contribution in [0.5, 0.6) is 11.5 Å². The van der Waals surface area contributed by atoms with E-state index in [1.165, 1.54) is 32.0 Å². The molecule has 0 fully saturated rings. The Morgan fingerprint density at radius 2 is 1.53 bits per heavy atom. The second kappa shape index (κ2) is 9.28. The van der Waals surface area contributed by atoms with Crippen LogP contribution in [0.4, 0.5) is 4.39 Å². The maximum absolute atomic E-state index is 14.2. The molecule has 3 aromatic carbocycles. The molecule has 32 heavy (non-hydrogen) atoms. The Hall–Kier alpha value is -3.58. The molecule has 1 heterocycles. The van der Waals surface area contributed by atoms with Gasteiger partial charge in [-0.2, -0.15) is 0 Å². The van der Waals surface area contributed by atoms with Crippen molar-refractivity contribution in [3.8, 4) is 11.5 Å². The summed E-state index contributed by atoms with van der Waals surface area (Å²) in [6.45, 7) is -0.153. The van der Waals surface area contributed by atoms with Gasteiger partial charge in [-0.05, 0) is 35.9 Å². The van der Waals surface area contributed by atoms with E-state index in [4.69, 9.17) is 9.47 Å². The molecule has 5 nitrogen and oxygen atoms in total. The van der Waals surface area contributed by atoms with Crippen molar-refractivity contribution in [1.82, 2.24) is 4.90 Å². The van der Waals surface area contributed by atoms with E-state index in [0.717, 1.165) is 9.80 Å². The number of carbonyl (C=O) groups excluding carboxylic acids is 2. The number of ether oxygens (including phenoxy) is 2. The van der Waals surface area contributed by atoms with Crippen LogP contribution in [0, 0.1) is 5.82 Å². The fourth-order valence-electron chi connectivity index (χ4n) is 3.44. The topological polar surface area (TPSA) is 55.8 Å². The van der Waals surface area contributed by atoms with Crippen LogP contribution in [0.25, 0.3) is 5.57 Å². The standard InChI is InChI=1S/C25H20FNO4S/c1-30-20-13-12-16(14-21(20)31-2)22-23(32-18-9-4-3-5-10-18)25(29)27(24(22)28)15-17-8-6-7-11-19(17)26/h3-14H,15H2,1-2H3. The van der Waals surface area contributed by atoms with Gasteiger partial charge in [-0.3, -0.25) is 14.5 Å². The minimum Gasteiger partial charge on any atom is -0.493 e. The minimum atomic E-state index is -0.482. The predicted octanol–water partition coefficient (Wildman–Crippen LogP) is 4.92. The highest BCUT2D eigenvalue weighted by Crippen LogP contribution is 2.42. The number of imide groups is 1. The number of hydrogen-bond donors (Lipinski definition) is 0. The van der Waals surface area contributed by atoms with Crippen molar-refractivity contribution in [1.29, 1.82) is 0 Å². The first-order chi connectivity index (χ1) is 15.5. The van der Waals surface area contributed by atoms with Gasteiger partial charge in [0.15, 0.2) is 11.5 Å². The Morgan fingerprint density at radius 1 is 0.844 bits per heavy atom. The molecule has 0 saturated carbocycles. The van der Waals surface area contributed by atoms with Crippen LogP contribution in [0.1, 0.15) is 11.1 Å². The molecule has 0 aromatic heterocycles. The number of methoxy groups -OCH3 is 2. The first-order valence-corrected chi connectivity index (χ1v) is 10.6. The number of thioether (sulfide) groups is 1. The molecule has 0 radical (unpaired) electrons. The molecule has 3 aromatic rings. The molecule has 4 rings (SSSR count). The lowest BCUT2D eigenvalue weighted by molar-refractivity contribution is -0.137. The fourth-order valence-corrected chi connectivity index (χ4v) is 4.48. The monoisotopic (exact) mass is 449 g/mol. The molecular weight excluding hydrogens is 429 g/mol. The van der Waals surface area contributed by atoms with E-state index in [2.05, 4.69) is 0 Å². The summed E-state index contributed by atoms with van der Waals surface area (Å²) in [4.78, 5) is 28.9. The minimum absolute atomic E-state index is 0.153.